The van der Waals surface area contributed by atoms with Gasteiger partial charge in [0.1, 0.15) is 0 Å². The SMILES string of the molecule is CCOC(=O)CNC(CC(O)COC)c1ccccc1. The van der Waals surface area contributed by atoms with Crippen LogP contribution in [-0.4, -0.2) is 44.0 Å². The zero-order chi connectivity index (χ0) is 14.8. The highest BCUT2D eigenvalue weighted by Crippen LogP contribution is 2.18. The Bertz CT molecular complexity index is 383. The number of carbonyl (C=O) groups excluding carboxylic acids is 1. The maximum absolute atomic E-state index is 11.4. The van der Waals surface area contributed by atoms with E-state index in [4.69, 9.17) is 9.47 Å². The van der Waals surface area contributed by atoms with Gasteiger partial charge < -0.3 is 14.6 Å². The molecule has 0 saturated heterocycles. The Balaban J connectivity index is 2.62. The summed E-state index contributed by atoms with van der Waals surface area (Å²) in [5, 5.41) is 13.0. The molecule has 1 aromatic rings. The Kier molecular flexibility index (Phi) is 7.87. The number of carbonyl (C=O) groups is 1. The number of aliphatic hydroxyl groups excluding tert-OH is 1. The number of hydrogen-bond donors (Lipinski definition) is 2. The highest BCUT2D eigenvalue weighted by Gasteiger charge is 2.17. The normalized spacial score (nSPS) is 13.8. The minimum absolute atomic E-state index is 0.118. The van der Waals surface area contributed by atoms with Crippen LogP contribution < -0.4 is 5.32 Å². The molecule has 2 N–H and O–H groups in total. The molecule has 2 unspecified atom stereocenters. The average Bonchev–Trinajstić information content (AvgIpc) is 2.45. The third kappa shape index (κ3) is 6.14. The van der Waals surface area contributed by atoms with Crippen molar-refractivity contribution in [3.05, 3.63) is 35.9 Å². The molecule has 5 nitrogen and oxygen atoms in total. The largest absolute Gasteiger partial charge is 0.465 e. The van der Waals surface area contributed by atoms with Gasteiger partial charge in [0.25, 0.3) is 0 Å². The molecule has 0 aliphatic heterocycles. The molecule has 112 valence electrons. The van der Waals surface area contributed by atoms with E-state index in [2.05, 4.69) is 5.32 Å². The van der Waals surface area contributed by atoms with Gasteiger partial charge in [-0.15, -0.1) is 0 Å². The summed E-state index contributed by atoms with van der Waals surface area (Å²) in [6.45, 7) is 2.52. The molecule has 0 radical (unpaired) electrons. The van der Waals surface area contributed by atoms with Crippen molar-refractivity contribution in [2.75, 3.05) is 26.9 Å². The van der Waals surface area contributed by atoms with Gasteiger partial charge in [-0.1, -0.05) is 30.3 Å². The van der Waals surface area contributed by atoms with E-state index in [1.807, 2.05) is 30.3 Å². The van der Waals surface area contributed by atoms with E-state index in [-0.39, 0.29) is 25.2 Å². The van der Waals surface area contributed by atoms with Crippen LogP contribution in [0.15, 0.2) is 30.3 Å². The van der Waals surface area contributed by atoms with Crippen LogP contribution in [0.25, 0.3) is 0 Å². The molecule has 0 aromatic heterocycles. The number of rotatable bonds is 9. The molecule has 0 saturated carbocycles. The number of nitrogens with one attached hydrogen (secondary N) is 1. The van der Waals surface area contributed by atoms with Crippen LogP contribution >= 0.6 is 0 Å². The van der Waals surface area contributed by atoms with Crippen LogP contribution in [0.4, 0.5) is 0 Å². The smallest absolute Gasteiger partial charge is 0.319 e. The highest BCUT2D eigenvalue weighted by molar-refractivity contribution is 5.71. The lowest BCUT2D eigenvalue weighted by atomic mass is 10.0. The minimum atomic E-state index is -0.583. The van der Waals surface area contributed by atoms with Crippen molar-refractivity contribution in [1.82, 2.24) is 5.32 Å². The summed E-state index contributed by atoms with van der Waals surface area (Å²) in [5.41, 5.74) is 1.02. The van der Waals surface area contributed by atoms with E-state index in [0.717, 1.165) is 5.56 Å². The van der Waals surface area contributed by atoms with E-state index >= 15 is 0 Å². The quantitative estimate of drug-likeness (QED) is 0.667. The Hall–Kier alpha value is -1.43. The van der Waals surface area contributed by atoms with Crippen molar-refractivity contribution in [3.63, 3.8) is 0 Å². The molecule has 1 aromatic carbocycles. The second kappa shape index (κ2) is 9.47. The van der Waals surface area contributed by atoms with Gasteiger partial charge in [-0.3, -0.25) is 10.1 Å². The first-order valence-electron chi connectivity index (χ1n) is 6.78. The molecule has 0 amide bonds. The molecule has 20 heavy (non-hydrogen) atoms. The fourth-order valence-electron chi connectivity index (χ4n) is 1.97. The van der Waals surface area contributed by atoms with Gasteiger partial charge in [-0.05, 0) is 18.9 Å². The number of ether oxygens (including phenoxy) is 2. The maximum Gasteiger partial charge on any atom is 0.319 e. The van der Waals surface area contributed by atoms with Gasteiger partial charge in [0, 0.05) is 13.2 Å². The third-order valence-electron chi connectivity index (χ3n) is 2.87. The molecule has 2 atom stereocenters. The molecule has 5 heteroatoms. The fraction of sp³-hybridized carbons (Fsp3) is 0.533. The lowest BCUT2D eigenvalue weighted by molar-refractivity contribution is -0.142. The third-order valence-corrected chi connectivity index (χ3v) is 2.87. The standard InChI is InChI=1S/C15H23NO4/c1-3-20-15(18)10-16-14(9-13(17)11-19-2)12-7-5-4-6-8-12/h4-8,13-14,16-17H,3,9-11H2,1-2H3. The first-order valence-corrected chi connectivity index (χ1v) is 6.78. The van der Waals surface area contributed by atoms with Crippen molar-refractivity contribution >= 4 is 5.97 Å². The molecular weight excluding hydrogens is 258 g/mol. The predicted octanol–water partition coefficient (Wildman–Crippen LogP) is 1.28. The van der Waals surface area contributed by atoms with Crippen molar-refractivity contribution in [2.24, 2.45) is 0 Å². The van der Waals surface area contributed by atoms with E-state index in [0.29, 0.717) is 13.0 Å². The highest BCUT2D eigenvalue weighted by atomic mass is 16.5. The predicted molar refractivity (Wildman–Crippen MR) is 76.3 cm³/mol. The lowest BCUT2D eigenvalue weighted by Gasteiger charge is -2.21. The zero-order valence-corrected chi connectivity index (χ0v) is 12.0. The molecule has 0 heterocycles. The summed E-state index contributed by atoms with van der Waals surface area (Å²) in [6.07, 6.45) is -0.114. The van der Waals surface area contributed by atoms with Crippen LogP contribution in [0, 0.1) is 0 Å². The van der Waals surface area contributed by atoms with Gasteiger partial charge >= 0.3 is 5.97 Å². The molecule has 0 spiro atoms. The number of benzene rings is 1. The van der Waals surface area contributed by atoms with Gasteiger partial charge in [0.15, 0.2) is 0 Å². The topological polar surface area (TPSA) is 67.8 Å². The lowest BCUT2D eigenvalue weighted by Crippen LogP contribution is -2.32. The van der Waals surface area contributed by atoms with Gasteiger partial charge in [-0.25, -0.2) is 0 Å². The van der Waals surface area contributed by atoms with Gasteiger partial charge in [-0.2, -0.15) is 0 Å². The maximum atomic E-state index is 11.4. The Morgan fingerprint density at radius 1 is 1.35 bits per heavy atom. The minimum Gasteiger partial charge on any atom is -0.465 e. The number of aliphatic hydroxyl groups is 1. The van der Waals surface area contributed by atoms with E-state index in [1.165, 1.54) is 0 Å². The number of hydrogen-bond acceptors (Lipinski definition) is 5. The zero-order valence-electron chi connectivity index (χ0n) is 12.0. The monoisotopic (exact) mass is 281 g/mol. The van der Waals surface area contributed by atoms with E-state index in [1.54, 1.807) is 14.0 Å². The van der Waals surface area contributed by atoms with E-state index in [9.17, 15) is 9.90 Å². The molecular formula is C15H23NO4. The van der Waals surface area contributed by atoms with Crippen molar-refractivity contribution in [2.45, 2.75) is 25.5 Å². The summed E-state index contributed by atoms with van der Waals surface area (Å²) < 4.78 is 9.83. The van der Waals surface area contributed by atoms with Crippen LogP contribution in [-0.2, 0) is 14.3 Å². The van der Waals surface area contributed by atoms with Crippen molar-refractivity contribution in [1.29, 1.82) is 0 Å². The second-order valence-electron chi connectivity index (χ2n) is 4.49. The summed E-state index contributed by atoms with van der Waals surface area (Å²) >= 11 is 0. The Morgan fingerprint density at radius 2 is 2.05 bits per heavy atom. The van der Waals surface area contributed by atoms with Gasteiger partial charge in [0.2, 0.25) is 0 Å². The molecule has 1 rings (SSSR count). The summed E-state index contributed by atoms with van der Waals surface area (Å²) in [7, 11) is 1.55. The van der Waals surface area contributed by atoms with E-state index < -0.39 is 6.10 Å². The molecule has 0 aliphatic carbocycles. The number of esters is 1. The Labute approximate surface area is 119 Å². The first-order chi connectivity index (χ1) is 9.67. The fourth-order valence-corrected chi connectivity index (χ4v) is 1.97. The first kappa shape index (κ1) is 16.6. The average molecular weight is 281 g/mol. The summed E-state index contributed by atoms with van der Waals surface area (Å²) in [4.78, 5) is 11.4. The van der Waals surface area contributed by atoms with Gasteiger partial charge in [0.05, 0.1) is 25.9 Å². The second-order valence-corrected chi connectivity index (χ2v) is 4.49. The summed E-state index contributed by atoms with van der Waals surface area (Å²) in [5.74, 6) is -0.297. The van der Waals surface area contributed by atoms with Crippen LogP contribution in [0.2, 0.25) is 0 Å². The Morgan fingerprint density at radius 3 is 2.65 bits per heavy atom. The van der Waals surface area contributed by atoms with Crippen molar-refractivity contribution in [3.8, 4) is 0 Å². The van der Waals surface area contributed by atoms with Crippen LogP contribution in [0.1, 0.15) is 24.9 Å². The summed E-state index contributed by atoms with van der Waals surface area (Å²) in [6, 6.07) is 9.59. The molecule has 0 aliphatic rings. The number of methoxy groups -OCH3 is 1. The molecule has 0 bridgehead atoms. The molecule has 0 fully saturated rings. The van der Waals surface area contributed by atoms with Crippen molar-refractivity contribution < 1.29 is 19.4 Å². The van der Waals surface area contributed by atoms with Crippen LogP contribution in [0.3, 0.4) is 0 Å². The van der Waals surface area contributed by atoms with Crippen LogP contribution in [0.5, 0.6) is 0 Å².